The first-order valence-electron chi connectivity index (χ1n) is 5.97. The highest BCUT2D eigenvalue weighted by Gasteiger charge is 2.02. The van der Waals surface area contributed by atoms with Crippen LogP contribution in [-0.4, -0.2) is 22.7 Å². The van der Waals surface area contributed by atoms with Gasteiger partial charge < -0.3 is 15.8 Å². The Morgan fingerprint density at radius 1 is 1.47 bits per heavy atom. The number of hydrogen-bond acceptors (Lipinski definition) is 4. The lowest BCUT2D eigenvalue weighted by Gasteiger charge is -2.07. The van der Waals surface area contributed by atoms with E-state index in [1.165, 1.54) is 0 Å². The van der Waals surface area contributed by atoms with E-state index in [2.05, 4.69) is 15.5 Å². The molecule has 0 aliphatic carbocycles. The third kappa shape index (κ3) is 4.34. The molecular weight excluding hydrogens is 244 g/mol. The molecule has 0 radical (unpaired) electrons. The minimum absolute atomic E-state index is 0.0647. The van der Waals surface area contributed by atoms with E-state index in [1.54, 1.807) is 30.6 Å². The monoisotopic (exact) mass is 260 g/mol. The summed E-state index contributed by atoms with van der Waals surface area (Å²) in [5.74, 6) is 0.604. The van der Waals surface area contributed by atoms with Gasteiger partial charge in [0.2, 0.25) is 5.91 Å². The number of benzene rings is 1. The predicted molar refractivity (Wildman–Crippen MR) is 71.4 cm³/mol. The first-order chi connectivity index (χ1) is 9.24. The van der Waals surface area contributed by atoms with E-state index in [4.69, 9.17) is 10.5 Å². The van der Waals surface area contributed by atoms with Crippen LogP contribution in [0, 0.1) is 0 Å². The summed E-state index contributed by atoms with van der Waals surface area (Å²) < 4.78 is 5.44. The average molecular weight is 260 g/mol. The van der Waals surface area contributed by atoms with Gasteiger partial charge in [-0.05, 0) is 12.1 Å². The highest BCUT2D eigenvalue weighted by atomic mass is 16.5. The van der Waals surface area contributed by atoms with Gasteiger partial charge in [-0.3, -0.25) is 9.89 Å². The Morgan fingerprint density at radius 3 is 3.11 bits per heavy atom. The zero-order valence-electron chi connectivity index (χ0n) is 10.4. The second kappa shape index (κ2) is 6.44. The minimum atomic E-state index is -0.0647. The summed E-state index contributed by atoms with van der Waals surface area (Å²) in [7, 11) is 0. The number of aromatic nitrogens is 2. The lowest BCUT2D eigenvalue weighted by molar-refractivity contribution is -0.121. The van der Waals surface area contributed by atoms with E-state index in [-0.39, 0.29) is 5.91 Å². The van der Waals surface area contributed by atoms with E-state index >= 15 is 0 Å². The Morgan fingerprint density at radius 2 is 2.37 bits per heavy atom. The molecule has 1 amide bonds. The van der Waals surface area contributed by atoms with Crippen molar-refractivity contribution < 1.29 is 9.53 Å². The maximum absolute atomic E-state index is 11.5. The normalized spacial score (nSPS) is 10.1. The molecule has 6 heteroatoms. The fraction of sp³-hybridized carbons (Fsp3) is 0.231. The summed E-state index contributed by atoms with van der Waals surface area (Å²) in [6.07, 6.45) is 3.71. The van der Waals surface area contributed by atoms with Crippen molar-refractivity contribution in [2.24, 2.45) is 0 Å². The summed E-state index contributed by atoms with van der Waals surface area (Å²) in [6, 6.07) is 7.12. The number of aromatic amines is 1. The summed E-state index contributed by atoms with van der Waals surface area (Å²) in [4.78, 5) is 11.5. The highest BCUT2D eigenvalue weighted by Crippen LogP contribution is 2.14. The summed E-state index contributed by atoms with van der Waals surface area (Å²) in [5, 5.41) is 9.26. The molecule has 0 aliphatic heterocycles. The molecule has 0 saturated carbocycles. The van der Waals surface area contributed by atoms with Crippen molar-refractivity contribution in [2.75, 3.05) is 12.3 Å². The summed E-state index contributed by atoms with van der Waals surface area (Å²) in [6.45, 7) is 0.786. The predicted octanol–water partition coefficient (Wildman–Crippen LogP) is 1.08. The Labute approximate surface area is 111 Å². The zero-order valence-corrected chi connectivity index (χ0v) is 10.4. The van der Waals surface area contributed by atoms with Crippen molar-refractivity contribution in [1.82, 2.24) is 15.5 Å². The van der Waals surface area contributed by atoms with Crippen LogP contribution in [0.2, 0.25) is 0 Å². The number of nitrogens with zero attached hydrogens (tertiary/aromatic N) is 1. The van der Waals surface area contributed by atoms with Gasteiger partial charge >= 0.3 is 0 Å². The average Bonchev–Trinajstić information content (AvgIpc) is 2.89. The molecule has 1 aromatic carbocycles. The van der Waals surface area contributed by atoms with Crippen LogP contribution < -0.4 is 15.8 Å². The standard InChI is InChI=1S/C13H16N4O2/c14-11-2-1-3-12(6-11)19-5-4-13(18)15-7-10-8-16-17-9-10/h1-3,6,8-9H,4-5,7,14H2,(H,15,18)(H,16,17). The second-order valence-electron chi connectivity index (χ2n) is 4.05. The van der Waals surface area contributed by atoms with Crippen molar-refractivity contribution in [2.45, 2.75) is 13.0 Å². The van der Waals surface area contributed by atoms with Gasteiger partial charge in [0.1, 0.15) is 5.75 Å². The first kappa shape index (κ1) is 12.9. The van der Waals surface area contributed by atoms with Crippen molar-refractivity contribution in [3.05, 3.63) is 42.2 Å². The molecule has 6 nitrogen and oxygen atoms in total. The number of anilines is 1. The minimum Gasteiger partial charge on any atom is -0.493 e. The van der Waals surface area contributed by atoms with Gasteiger partial charge in [0.05, 0.1) is 19.2 Å². The second-order valence-corrected chi connectivity index (χ2v) is 4.05. The molecule has 1 aromatic heterocycles. The van der Waals surface area contributed by atoms with Crippen LogP contribution in [0.15, 0.2) is 36.7 Å². The maximum atomic E-state index is 11.5. The number of H-pyrrole nitrogens is 1. The van der Waals surface area contributed by atoms with Gasteiger partial charge in [-0.15, -0.1) is 0 Å². The van der Waals surface area contributed by atoms with Crippen molar-refractivity contribution >= 4 is 11.6 Å². The molecule has 100 valence electrons. The van der Waals surface area contributed by atoms with Crippen LogP contribution in [0.3, 0.4) is 0 Å². The zero-order chi connectivity index (χ0) is 13.5. The molecule has 19 heavy (non-hydrogen) atoms. The molecule has 2 aromatic rings. The number of hydrogen-bond donors (Lipinski definition) is 3. The number of nitrogens with two attached hydrogens (primary N) is 1. The number of ether oxygens (including phenoxy) is 1. The molecule has 0 unspecified atom stereocenters. The van der Waals surface area contributed by atoms with E-state index in [9.17, 15) is 4.79 Å². The largest absolute Gasteiger partial charge is 0.493 e. The van der Waals surface area contributed by atoms with Gasteiger partial charge in [-0.2, -0.15) is 5.10 Å². The van der Waals surface area contributed by atoms with Crippen LogP contribution in [0.25, 0.3) is 0 Å². The van der Waals surface area contributed by atoms with Crippen molar-refractivity contribution in [3.63, 3.8) is 0 Å². The maximum Gasteiger partial charge on any atom is 0.223 e. The van der Waals surface area contributed by atoms with Crippen LogP contribution in [0.5, 0.6) is 5.75 Å². The van der Waals surface area contributed by atoms with Gasteiger partial charge in [-0.25, -0.2) is 0 Å². The molecule has 0 fully saturated rings. The third-order valence-corrected chi connectivity index (χ3v) is 2.50. The lowest BCUT2D eigenvalue weighted by atomic mass is 10.3. The Balaban J connectivity index is 1.66. The van der Waals surface area contributed by atoms with E-state index in [1.807, 2.05) is 6.07 Å². The van der Waals surface area contributed by atoms with Gasteiger partial charge in [0.15, 0.2) is 0 Å². The Bertz CT molecular complexity index is 525. The number of amides is 1. The molecule has 2 rings (SSSR count). The molecule has 0 spiro atoms. The number of rotatable bonds is 6. The van der Waals surface area contributed by atoms with E-state index < -0.39 is 0 Å². The fourth-order valence-electron chi connectivity index (χ4n) is 1.53. The van der Waals surface area contributed by atoms with Gasteiger partial charge in [0, 0.05) is 30.1 Å². The van der Waals surface area contributed by atoms with Crippen LogP contribution in [-0.2, 0) is 11.3 Å². The van der Waals surface area contributed by atoms with Crippen LogP contribution in [0.1, 0.15) is 12.0 Å². The molecule has 0 atom stereocenters. The van der Waals surface area contributed by atoms with Crippen LogP contribution >= 0.6 is 0 Å². The quantitative estimate of drug-likeness (QED) is 0.677. The summed E-state index contributed by atoms with van der Waals surface area (Å²) >= 11 is 0. The molecule has 1 heterocycles. The van der Waals surface area contributed by atoms with Gasteiger partial charge in [0.25, 0.3) is 0 Å². The van der Waals surface area contributed by atoms with Crippen LogP contribution in [0.4, 0.5) is 5.69 Å². The lowest BCUT2D eigenvalue weighted by Crippen LogP contribution is -2.24. The molecule has 0 bridgehead atoms. The van der Waals surface area contributed by atoms with E-state index in [0.717, 1.165) is 5.56 Å². The fourth-order valence-corrected chi connectivity index (χ4v) is 1.53. The number of nitrogens with one attached hydrogen (secondary N) is 2. The Hall–Kier alpha value is -2.50. The van der Waals surface area contributed by atoms with Gasteiger partial charge in [-0.1, -0.05) is 6.07 Å². The molecule has 0 saturated heterocycles. The number of carbonyl (C=O) groups excluding carboxylic acids is 1. The molecule has 0 aliphatic rings. The first-order valence-corrected chi connectivity index (χ1v) is 5.97. The van der Waals surface area contributed by atoms with E-state index in [0.29, 0.717) is 31.0 Å². The number of carbonyl (C=O) groups is 1. The number of nitrogen functional groups attached to an aromatic ring is 1. The topological polar surface area (TPSA) is 93.0 Å². The van der Waals surface area contributed by atoms with Crippen molar-refractivity contribution in [3.8, 4) is 5.75 Å². The summed E-state index contributed by atoms with van der Waals surface area (Å²) in [5.41, 5.74) is 7.20. The van der Waals surface area contributed by atoms with Crippen molar-refractivity contribution in [1.29, 1.82) is 0 Å². The third-order valence-electron chi connectivity index (χ3n) is 2.50. The SMILES string of the molecule is Nc1cccc(OCCC(=O)NCc2cn[nH]c2)c1. The Kier molecular flexibility index (Phi) is 4.39. The molecule has 4 N–H and O–H groups in total. The molecular formula is C13H16N4O2. The highest BCUT2D eigenvalue weighted by molar-refractivity contribution is 5.75. The smallest absolute Gasteiger partial charge is 0.223 e.